The average molecular weight is 420 g/mol. The van der Waals surface area contributed by atoms with E-state index in [1.165, 1.54) is 6.92 Å². The minimum atomic E-state index is -0.898. The third kappa shape index (κ3) is 5.36. The van der Waals surface area contributed by atoms with E-state index in [0.29, 0.717) is 16.9 Å². The molecule has 1 heterocycles. The Hall–Kier alpha value is -3.94. The SMILES string of the molecule is Cc1nn(-c2ccccc2)c(C)c1NC(=O)COC(=O)[C@H](C)NC(=O)c1ccccc1. The molecule has 8 nitrogen and oxygen atoms in total. The lowest BCUT2D eigenvalue weighted by Crippen LogP contribution is -2.40. The van der Waals surface area contributed by atoms with Crippen molar-refractivity contribution in [2.45, 2.75) is 26.8 Å². The Morgan fingerprint density at radius 1 is 1.00 bits per heavy atom. The summed E-state index contributed by atoms with van der Waals surface area (Å²) < 4.78 is 6.79. The molecule has 1 atom stereocenters. The molecule has 8 heteroatoms. The third-order valence-corrected chi connectivity index (χ3v) is 4.64. The van der Waals surface area contributed by atoms with Crippen LogP contribution in [-0.4, -0.2) is 40.2 Å². The van der Waals surface area contributed by atoms with E-state index < -0.39 is 30.4 Å². The molecule has 2 N–H and O–H groups in total. The van der Waals surface area contributed by atoms with Crippen LogP contribution < -0.4 is 10.6 Å². The zero-order valence-corrected chi connectivity index (χ0v) is 17.6. The zero-order valence-electron chi connectivity index (χ0n) is 17.6. The van der Waals surface area contributed by atoms with Crippen LogP contribution in [0, 0.1) is 13.8 Å². The van der Waals surface area contributed by atoms with Crippen LogP contribution in [0.25, 0.3) is 5.69 Å². The highest BCUT2D eigenvalue weighted by Crippen LogP contribution is 2.22. The molecule has 0 aliphatic heterocycles. The molecule has 1 aromatic heterocycles. The molecule has 0 unspecified atom stereocenters. The number of anilines is 1. The normalized spacial score (nSPS) is 11.5. The first kappa shape index (κ1) is 21.8. The monoisotopic (exact) mass is 420 g/mol. The molecular formula is C23H24N4O4. The van der Waals surface area contributed by atoms with Gasteiger partial charge in [0.1, 0.15) is 6.04 Å². The third-order valence-electron chi connectivity index (χ3n) is 4.64. The quantitative estimate of drug-likeness (QED) is 0.572. The first-order chi connectivity index (χ1) is 14.9. The van der Waals surface area contributed by atoms with Crippen molar-refractivity contribution in [3.05, 3.63) is 77.6 Å². The van der Waals surface area contributed by atoms with Gasteiger partial charge in [0, 0.05) is 5.56 Å². The standard InChI is InChI=1S/C23H24N4O4/c1-15-21(17(3)27(26-15)19-12-8-5-9-13-19)25-20(28)14-31-23(30)16(2)24-22(29)18-10-6-4-7-11-18/h4-13,16H,14H2,1-3H3,(H,24,29)(H,25,28)/t16-/m0/s1. The number of para-hydroxylation sites is 1. The molecule has 0 aliphatic carbocycles. The van der Waals surface area contributed by atoms with E-state index >= 15 is 0 Å². The first-order valence-corrected chi connectivity index (χ1v) is 9.81. The van der Waals surface area contributed by atoms with Gasteiger partial charge < -0.3 is 15.4 Å². The number of hydrogen-bond donors (Lipinski definition) is 2. The summed E-state index contributed by atoms with van der Waals surface area (Å²) in [6.45, 7) is 4.66. The van der Waals surface area contributed by atoms with E-state index in [4.69, 9.17) is 4.74 Å². The van der Waals surface area contributed by atoms with Crippen LogP contribution in [0.15, 0.2) is 60.7 Å². The second-order valence-corrected chi connectivity index (χ2v) is 7.01. The number of esters is 1. The van der Waals surface area contributed by atoms with Gasteiger partial charge in [-0.25, -0.2) is 9.48 Å². The molecule has 0 fully saturated rings. The lowest BCUT2D eigenvalue weighted by molar-refractivity contribution is -0.148. The molecule has 0 aliphatic rings. The zero-order chi connectivity index (χ0) is 22.4. The highest BCUT2D eigenvalue weighted by molar-refractivity contribution is 5.97. The van der Waals surface area contributed by atoms with Gasteiger partial charge in [0.25, 0.3) is 11.8 Å². The molecule has 3 rings (SSSR count). The first-order valence-electron chi connectivity index (χ1n) is 9.81. The maximum atomic E-state index is 12.3. The molecule has 2 amide bonds. The second-order valence-electron chi connectivity index (χ2n) is 7.01. The Morgan fingerprint density at radius 2 is 1.61 bits per heavy atom. The molecule has 0 saturated carbocycles. The van der Waals surface area contributed by atoms with Crippen molar-refractivity contribution in [1.29, 1.82) is 0 Å². The summed E-state index contributed by atoms with van der Waals surface area (Å²) in [6.07, 6.45) is 0. The second kappa shape index (κ2) is 9.71. The largest absolute Gasteiger partial charge is 0.454 e. The predicted molar refractivity (Wildman–Crippen MR) is 116 cm³/mol. The number of ether oxygens (including phenoxy) is 1. The number of aryl methyl sites for hydroxylation is 1. The highest BCUT2D eigenvalue weighted by atomic mass is 16.5. The Balaban J connectivity index is 1.55. The average Bonchev–Trinajstić information content (AvgIpc) is 3.06. The number of rotatable bonds is 7. The van der Waals surface area contributed by atoms with Gasteiger partial charge in [0.05, 0.1) is 22.8 Å². The van der Waals surface area contributed by atoms with Crippen molar-refractivity contribution >= 4 is 23.5 Å². The molecule has 0 radical (unpaired) electrons. The van der Waals surface area contributed by atoms with Crippen molar-refractivity contribution in [1.82, 2.24) is 15.1 Å². The van der Waals surface area contributed by atoms with Crippen LogP contribution in [0.4, 0.5) is 5.69 Å². The smallest absolute Gasteiger partial charge is 0.328 e. The number of aromatic nitrogens is 2. The molecule has 0 spiro atoms. The van der Waals surface area contributed by atoms with Crippen molar-refractivity contribution in [3.8, 4) is 5.69 Å². The lowest BCUT2D eigenvalue weighted by Gasteiger charge is -2.13. The van der Waals surface area contributed by atoms with E-state index in [2.05, 4.69) is 15.7 Å². The van der Waals surface area contributed by atoms with Gasteiger partial charge in [-0.05, 0) is 45.0 Å². The highest BCUT2D eigenvalue weighted by Gasteiger charge is 2.20. The molecule has 160 valence electrons. The van der Waals surface area contributed by atoms with E-state index in [0.717, 1.165) is 11.4 Å². The fraction of sp³-hybridized carbons (Fsp3) is 0.217. The van der Waals surface area contributed by atoms with Crippen LogP contribution >= 0.6 is 0 Å². The van der Waals surface area contributed by atoms with Crippen molar-refractivity contribution in [2.75, 3.05) is 11.9 Å². The molecule has 3 aromatic rings. The lowest BCUT2D eigenvalue weighted by atomic mass is 10.2. The van der Waals surface area contributed by atoms with E-state index in [9.17, 15) is 14.4 Å². The van der Waals surface area contributed by atoms with Gasteiger partial charge in [0.15, 0.2) is 6.61 Å². The van der Waals surface area contributed by atoms with Gasteiger partial charge in [-0.15, -0.1) is 0 Å². The van der Waals surface area contributed by atoms with Gasteiger partial charge in [-0.2, -0.15) is 5.10 Å². The minimum Gasteiger partial charge on any atom is -0.454 e. The fourth-order valence-electron chi connectivity index (χ4n) is 3.01. The van der Waals surface area contributed by atoms with Crippen molar-refractivity contribution in [3.63, 3.8) is 0 Å². The summed E-state index contributed by atoms with van der Waals surface area (Å²) in [5.74, 6) is -1.59. The summed E-state index contributed by atoms with van der Waals surface area (Å²) in [6, 6.07) is 17.2. The molecule has 0 bridgehead atoms. The van der Waals surface area contributed by atoms with E-state index in [-0.39, 0.29) is 0 Å². The Labute approximate surface area is 180 Å². The molecular weight excluding hydrogens is 396 g/mol. The van der Waals surface area contributed by atoms with Crippen LogP contribution in [0.2, 0.25) is 0 Å². The number of amides is 2. The van der Waals surface area contributed by atoms with Crippen LogP contribution in [0.5, 0.6) is 0 Å². The van der Waals surface area contributed by atoms with Crippen LogP contribution in [0.1, 0.15) is 28.7 Å². The topological polar surface area (TPSA) is 102 Å². The Bertz CT molecular complexity index is 1080. The van der Waals surface area contributed by atoms with Crippen molar-refractivity contribution in [2.24, 2.45) is 0 Å². The summed E-state index contributed by atoms with van der Waals surface area (Å²) in [7, 11) is 0. The number of nitrogens with zero attached hydrogens (tertiary/aromatic N) is 2. The summed E-state index contributed by atoms with van der Waals surface area (Å²) in [5, 5.41) is 9.76. The minimum absolute atomic E-state index is 0.394. The van der Waals surface area contributed by atoms with Gasteiger partial charge in [-0.3, -0.25) is 9.59 Å². The number of carbonyl (C=O) groups is 3. The van der Waals surface area contributed by atoms with Gasteiger partial charge >= 0.3 is 5.97 Å². The molecule has 31 heavy (non-hydrogen) atoms. The number of hydrogen-bond acceptors (Lipinski definition) is 5. The number of benzene rings is 2. The summed E-state index contributed by atoms with van der Waals surface area (Å²) >= 11 is 0. The summed E-state index contributed by atoms with van der Waals surface area (Å²) in [5.41, 5.74) is 3.27. The Kier molecular flexibility index (Phi) is 6.81. The Morgan fingerprint density at radius 3 is 2.26 bits per heavy atom. The summed E-state index contributed by atoms with van der Waals surface area (Å²) in [4.78, 5) is 36.6. The number of carbonyl (C=O) groups excluding carboxylic acids is 3. The van der Waals surface area contributed by atoms with E-state index in [1.807, 2.05) is 37.3 Å². The van der Waals surface area contributed by atoms with E-state index in [1.54, 1.807) is 41.9 Å². The van der Waals surface area contributed by atoms with Gasteiger partial charge in [0.2, 0.25) is 0 Å². The predicted octanol–water partition coefficient (Wildman–Crippen LogP) is 2.79. The van der Waals surface area contributed by atoms with Gasteiger partial charge in [-0.1, -0.05) is 36.4 Å². The van der Waals surface area contributed by atoms with Crippen LogP contribution in [-0.2, 0) is 14.3 Å². The maximum Gasteiger partial charge on any atom is 0.328 e. The fourth-order valence-corrected chi connectivity index (χ4v) is 3.01. The molecule has 2 aromatic carbocycles. The van der Waals surface area contributed by atoms with Crippen molar-refractivity contribution < 1.29 is 19.1 Å². The maximum absolute atomic E-state index is 12.3. The molecule has 0 saturated heterocycles. The number of nitrogens with one attached hydrogen (secondary N) is 2. The van der Waals surface area contributed by atoms with Crippen LogP contribution in [0.3, 0.4) is 0 Å².